The number of phenolic OH excluding ortho intramolecular Hbond substituents is 1. The number of carbonyl (C=O) groups is 8. The van der Waals surface area contributed by atoms with Crippen LogP contribution in [0.25, 0.3) is 0 Å². The Morgan fingerprint density at radius 3 is 1.81 bits per heavy atom. The van der Waals surface area contributed by atoms with Crippen molar-refractivity contribution in [3.63, 3.8) is 0 Å². The maximum Gasteiger partial charge on any atom is 0.325 e. The molecular formula is C30H45N7O11. The van der Waals surface area contributed by atoms with Crippen LogP contribution in [0.4, 0.5) is 0 Å². The predicted molar refractivity (Wildman–Crippen MR) is 169 cm³/mol. The van der Waals surface area contributed by atoms with Gasteiger partial charge in [0.05, 0.1) is 12.6 Å². The molecule has 1 aromatic carbocycles. The fourth-order valence-corrected chi connectivity index (χ4v) is 4.24. The van der Waals surface area contributed by atoms with Crippen LogP contribution in [0.1, 0.15) is 58.4 Å². The lowest BCUT2D eigenvalue weighted by Gasteiger charge is -2.25. The van der Waals surface area contributed by atoms with Gasteiger partial charge in [0.1, 0.15) is 29.9 Å². The predicted octanol–water partition coefficient (Wildman–Crippen LogP) is -2.40. The average Bonchev–Trinajstić information content (AvgIpc) is 2.99. The maximum absolute atomic E-state index is 13.3. The van der Waals surface area contributed by atoms with E-state index in [0.29, 0.717) is 5.56 Å². The largest absolute Gasteiger partial charge is 0.508 e. The summed E-state index contributed by atoms with van der Waals surface area (Å²) in [6.07, 6.45) is -1.29. The van der Waals surface area contributed by atoms with E-state index < -0.39 is 90.6 Å². The third-order valence-corrected chi connectivity index (χ3v) is 6.83. The third kappa shape index (κ3) is 15.8. The van der Waals surface area contributed by atoms with Crippen LogP contribution in [0.15, 0.2) is 24.3 Å². The summed E-state index contributed by atoms with van der Waals surface area (Å²) in [5.41, 5.74) is 11.8. The highest BCUT2D eigenvalue weighted by molar-refractivity contribution is 5.95. The maximum atomic E-state index is 13.3. The zero-order valence-electron chi connectivity index (χ0n) is 27.0. The second kappa shape index (κ2) is 20.1. The van der Waals surface area contributed by atoms with E-state index in [4.69, 9.17) is 16.6 Å². The van der Waals surface area contributed by atoms with Crippen molar-refractivity contribution < 1.29 is 53.7 Å². The summed E-state index contributed by atoms with van der Waals surface area (Å²) in [5, 5.41) is 39.3. The molecule has 18 heteroatoms. The molecule has 0 unspecified atom stereocenters. The molecule has 18 nitrogen and oxygen atoms in total. The van der Waals surface area contributed by atoms with Crippen LogP contribution in [-0.4, -0.2) is 99.5 Å². The second-order valence-corrected chi connectivity index (χ2v) is 11.6. The van der Waals surface area contributed by atoms with Crippen molar-refractivity contribution in [1.82, 2.24) is 26.6 Å². The van der Waals surface area contributed by atoms with Gasteiger partial charge in [-0.2, -0.15) is 0 Å². The molecule has 0 aromatic heterocycles. The lowest BCUT2D eigenvalue weighted by molar-refractivity contribution is -0.142. The van der Waals surface area contributed by atoms with Crippen molar-refractivity contribution in [1.29, 1.82) is 0 Å². The Morgan fingerprint density at radius 1 is 0.729 bits per heavy atom. The Bertz CT molecular complexity index is 1320. The minimum Gasteiger partial charge on any atom is -0.508 e. The zero-order valence-corrected chi connectivity index (χ0v) is 27.0. The number of phenols is 1. The van der Waals surface area contributed by atoms with E-state index in [1.54, 1.807) is 26.0 Å². The number of primary amides is 1. The van der Waals surface area contributed by atoms with Gasteiger partial charge in [0.25, 0.3) is 0 Å². The number of carboxylic acids is 2. The number of aliphatic carboxylic acids is 2. The lowest BCUT2D eigenvalue weighted by Crippen LogP contribution is -2.57. The van der Waals surface area contributed by atoms with Crippen LogP contribution >= 0.6 is 0 Å². The number of carbonyl (C=O) groups excluding carboxylic acids is 6. The molecule has 0 aliphatic carbocycles. The molecule has 0 saturated heterocycles. The Balaban J connectivity index is 2.97. The summed E-state index contributed by atoms with van der Waals surface area (Å²) in [6.45, 7) is 4.01. The van der Waals surface area contributed by atoms with Gasteiger partial charge in [-0.05, 0) is 56.2 Å². The van der Waals surface area contributed by atoms with Crippen molar-refractivity contribution in [2.45, 2.75) is 89.5 Å². The normalized spacial score (nSPS) is 13.9. The van der Waals surface area contributed by atoms with E-state index in [1.165, 1.54) is 19.1 Å². The highest BCUT2D eigenvalue weighted by Crippen LogP contribution is 2.12. The number of aromatic hydroxyl groups is 1. The Kier molecular flexibility index (Phi) is 17.1. The minimum atomic E-state index is -1.45. The van der Waals surface area contributed by atoms with E-state index in [0.717, 1.165) is 0 Å². The van der Waals surface area contributed by atoms with Crippen LogP contribution in [0.5, 0.6) is 5.75 Å². The molecule has 0 fully saturated rings. The molecule has 0 saturated carbocycles. The first kappa shape index (κ1) is 40.8. The molecule has 0 heterocycles. The van der Waals surface area contributed by atoms with Crippen molar-refractivity contribution in [2.75, 3.05) is 6.54 Å². The SMILES string of the molecule is CC(C)C[C@H](NC(=O)[C@@H](N)Cc1ccc(O)cc1)C(=O)N[C@@H](CCC(=O)O)C(=O)NCC(=O)N[C@@H](CCC(N)=O)C(=O)N[C@@H](C)C(=O)O. The molecule has 12 N–H and O–H groups in total. The lowest BCUT2D eigenvalue weighted by atomic mass is 10.0. The molecule has 5 atom stereocenters. The Hall–Kier alpha value is -5.26. The molecule has 6 amide bonds. The number of carboxylic acid groups (broad SMARTS) is 2. The number of nitrogens with two attached hydrogens (primary N) is 2. The summed E-state index contributed by atoms with van der Waals surface area (Å²) < 4.78 is 0. The molecule has 1 aromatic rings. The molecule has 0 spiro atoms. The Morgan fingerprint density at radius 2 is 1.27 bits per heavy atom. The molecule has 1 rings (SSSR count). The summed E-state index contributed by atoms with van der Waals surface area (Å²) in [5.74, 6) is -7.75. The van der Waals surface area contributed by atoms with Crippen molar-refractivity contribution in [3.05, 3.63) is 29.8 Å². The van der Waals surface area contributed by atoms with Gasteiger partial charge in [-0.15, -0.1) is 0 Å². The third-order valence-electron chi connectivity index (χ3n) is 6.83. The number of rotatable bonds is 21. The van der Waals surface area contributed by atoms with E-state index in [-0.39, 0.29) is 43.8 Å². The van der Waals surface area contributed by atoms with Gasteiger partial charge in [0.15, 0.2) is 0 Å². The fraction of sp³-hybridized carbons (Fsp3) is 0.533. The van der Waals surface area contributed by atoms with E-state index >= 15 is 0 Å². The first-order chi connectivity index (χ1) is 22.4. The van der Waals surface area contributed by atoms with Gasteiger partial charge >= 0.3 is 11.9 Å². The van der Waals surface area contributed by atoms with Gasteiger partial charge in [-0.3, -0.25) is 38.4 Å². The average molecular weight is 680 g/mol. The van der Waals surface area contributed by atoms with E-state index in [2.05, 4.69) is 26.6 Å². The second-order valence-electron chi connectivity index (χ2n) is 11.6. The minimum absolute atomic E-state index is 0.0343. The molecule has 0 aliphatic rings. The molecule has 0 bridgehead atoms. The summed E-state index contributed by atoms with van der Waals surface area (Å²) in [4.78, 5) is 97.9. The van der Waals surface area contributed by atoms with Gasteiger partial charge in [-0.1, -0.05) is 26.0 Å². The highest BCUT2D eigenvalue weighted by atomic mass is 16.4. The molecule has 0 radical (unpaired) electrons. The Labute approximate surface area is 276 Å². The molecule has 0 aliphatic heterocycles. The smallest absolute Gasteiger partial charge is 0.325 e. The topological polar surface area (TPSA) is 309 Å². The van der Waals surface area contributed by atoms with Gasteiger partial charge < -0.3 is 53.4 Å². The van der Waals surface area contributed by atoms with Gasteiger partial charge in [0.2, 0.25) is 35.4 Å². The molecule has 266 valence electrons. The van der Waals surface area contributed by atoms with Crippen molar-refractivity contribution >= 4 is 47.4 Å². The van der Waals surface area contributed by atoms with Gasteiger partial charge in [-0.25, -0.2) is 0 Å². The van der Waals surface area contributed by atoms with Crippen LogP contribution in [0, 0.1) is 5.92 Å². The summed E-state index contributed by atoms with van der Waals surface area (Å²) in [7, 11) is 0. The van der Waals surface area contributed by atoms with Crippen LogP contribution < -0.4 is 38.1 Å². The number of hydrogen-bond donors (Lipinski definition) is 10. The van der Waals surface area contributed by atoms with Crippen LogP contribution in [0.2, 0.25) is 0 Å². The number of amides is 6. The van der Waals surface area contributed by atoms with E-state index in [1.807, 2.05) is 0 Å². The first-order valence-corrected chi connectivity index (χ1v) is 15.1. The summed E-state index contributed by atoms with van der Waals surface area (Å²) >= 11 is 0. The summed E-state index contributed by atoms with van der Waals surface area (Å²) in [6, 6.07) is -0.344. The first-order valence-electron chi connectivity index (χ1n) is 15.1. The highest BCUT2D eigenvalue weighted by Gasteiger charge is 2.30. The number of hydrogen-bond acceptors (Lipinski definition) is 10. The molecular weight excluding hydrogens is 634 g/mol. The van der Waals surface area contributed by atoms with Crippen LogP contribution in [0.3, 0.4) is 0 Å². The molecule has 48 heavy (non-hydrogen) atoms. The standard InChI is InChI=1S/C30H45N7O11/c1-15(2)12-22(37-26(43)19(31)13-17-4-6-18(38)7-5-17)29(46)36-20(9-11-25(41)42)27(44)33-14-24(40)35-21(8-10-23(32)39)28(45)34-16(3)30(47)48/h4-7,15-16,19-22,38H,8-14,31H2,1-3H3,(H2,32,39)(H,33,44)(H,34,45)(H,35,40)(H,36,46)(H,37,43)(H,41,42)(H,47,48)/t16-,19-,20-,21-,22-/m0/s1. The number of nitrogens with one attached hydrogen (secondary N) is 5. The zero-order chi connectivity index (χ0) is 36.6. The number of benzene rings is 1. The van der Waals surface area contributed by atoms with Gasteiger partial charge in [0, 0.05) is 12.8 Å². The quantitative estimate of drug-likeness (QED) is 0.0650. The fourth-order valence-electron chi connectivity index (χ4n) is 4.24. The monoisotopic (exact) mass is 679 g/mol. The van der Waals surface area contributed by atoms with E-state index in [9.17, 15) is 48.6 Å². The van der Waals surface area contributed by atoms with Crippen molar-refractivity contribution in [3.8, 4) is 5.75 Å². The van der Waals surface area contributed by atoms with Crippen molar-refractivity contribution in [2.24, 2.45) is 17.4 Å². The van der Waals surface area contributed by atoms with Crippen LogP contribution in [-0.2, 0) is 44.8 Å².